The molecule has 5 nitrogen and oxygen atoms in total. The Bertz CT molecular complexity index is 749. The topological polar surface area (TPSA) is 76.1 Å². The minimum atomic E-state index is -3.86. The first-order chi connectivity index (χ1) is 9.38. The van der Waals surface area contributed by atoms with Crippen LogP contribution in [0.1, 0.15) is 10.4 Å². The second kappa shape index (κ2) is 5.78. The summed E-state index contributed by atoms with van der Waals surface area (Å²) in [4.78, 5) is 15.6. The monoisotopic (exact) mass is 330 g/mol. The van der Waals surface area contributed by atoms with Crippen molar-refractivity contribution in [3.8, 4) is 0 Å². The number of rotatable bonds is 3. The zero-order valence-corrected chi connectivity index (χ0v) is 12.2. The SMILES string of the molecule is O=C(Nc1ccc(S(=O)(=O)Cl)cc1Cl)c1ccncc1. The van der Waals surface area contributed by atoms with E-state index in [9.17, 15) is 13.2 Å². The minimum absolute atomic E-state index is 0.0779. The normalized spacial score (nSPS) is 11.1. The molecule has 0 unspecified atom stereocenters. The average molecular weight is 331 g/mol. The second-order valence-electron chi connectivity index (χ2n) is 3.77. The van der Waals surface area contributed by atoms with Crippen LogP contribution in [-0.4, -0.2) is 19.3 Å². The van der Waals surface area contributed by atoms with Gasteiger partial charge in [0, 0.05) is 28.6 Å². The van der Waals surface area contributed by atoms with E-state index in [4.69, 9.17) is 22.3 Å². The van der Waals surface area contributed by atoms with Gasteiger partial charge in [-0.25, -0.2) is 8.42 Å². The molecule has 0 aliphatic rings. The molecular weight excluding hydrogens is 323 g/mol. The van der Waals surface area contributed by atoms with E-state index in [-0.39, 0.29) is 21.5 Å². The molecule has 0 bridgehead atoms. The average Bonchev–Trinajstić information content (AvgIpc) is 2.41. The summed E-state index contributed by atoms with van der Waals surface area (Å²) >= 11 is 5.92. The van der Waals surface area contributed by atoms with Crippen molar-refractivity contribution in [2.75, 3.05) is 5.32 Å². The molecule has 2 aromatic rings. The number of benzene rings is 1. The summed E-state index contributed by atoms with van der Waals surface area (Å²) in [6, 6.07) is 6.89. The summed E-state index contributed by atoms with van der Waals surface area (Å²) in [7, 11) is 1.35. The molecular formula is C12H8Cl2N2O3S. The third kappa shape index (κ3) is 3.47. The van der Waals surface area contributed by atoms with E-state index in [2.05, 4.69) is 10.3 Å². The quantitative estimate of drug-likeness (QED) is 0.878. The Kier molecular flexibility index (Phi) is 4.27. The molecule has 1 amide bonds. The lowest BCUT2D eigenvalue weighted by Crippen LogP contribution is -2.12. The summed E-state index contributed by atoms with van der Waals surface area (Å²) in [6.07, 6.45) is 2.97. The van der Waals surface area contributed by atoms with Crippen LogP contribution in [0.4, 0.5) is 5.69 Å². The van der Waals surface area contributed by atoms with Gasteiger partial charge in [-0.3, -0.25) is 9.78 Å². The summed E-state index contributed by atoms with van der Waals surface area (Å²) in [5.41, 5.74) is 0.697. The fourth-order valence-electron chi connectivity index (χ4n) is 1.45. The molecule has 1 N–H and O–H groups in total. The van der Waals surface area contributed by atoms with E-state index in [1.807, 2.05) is 0 Å². The van der Waals surface area contributed by atoms with E-state index in [0.29, 0.717) is 5.56 Å². The number of nitrogens with zero attached hydrogens (tertiary/aromatic N) is 1. The highest BCUT2D eigenvalue weighted by molar-refractivity contribution is 8.13. The fraction of sp³-hybridized carbons (Fsp3) is 0. The van der Waals surface area contributed by atoms with Crippen molar-refractivity contribution in [2.24, 2.45) is 0 Å². The number of hydrogen-bond donors (Lipinski definition) is 1. The van der Waals surface area contributed by atoms with Gasteiger partial charge in [0.2, 0.25) is 0 Å². The minimum Gasteiger partial charge on any atom is -0.321 e. The number of halogens is 2. The van der Waals surface area contributed by atoms with Crippen LogP contribution in [-0.2, 0) is 9.05 Å². The number of anilines is 1. The summed E-state index contributed by atoms with van der Waals surface area (Å²) < 4.78 is 22.3. The highest BCUT2D eigenvalue weighted by Crippen LogP contribution is 2.27. The lowest BCUT2D eigenvalue weighted by molar-refractivity contribution is 0.102. The lowest BCUT2D eigenvalue weighted by atomic mass is 10.2. The number of hydrogen-bond acceptors (Lipinski definition) is 4. The van der Waals surface area contributed by atoms with Crippen molar-refractivity contribution in [1.82, 2.24) is 4.98 Å². The third-order valence-electron chi connectivity index (χ3n) is 2.41. The Morgan fingerprint density at radius 1 is 1.15 bits per heavy atom. The molecule has 0 radical (unpaired) electrons. The molecule has 1 aromatic heterocycles. The lowest BCUT2D eigenvalue weighted by Gasteiger charge is -2.08. The van der Waals surface area contributed by atoms with Gasteiger partial charge in [-0.15, -0.1) is 0 Å². The molecule has 1 aromatic carbocycles. The first kappa shape index (κ1) is 14.8. The Morgan fingerprint density at radius 2 is 1.80 bits per heavy atom. The fourth-order valence-corrected chi connectivity index (χ4v) is 2.52. The summed E-state index contributed by atoms with van der Waals surface area (Å²) in [5.74, 6) is -0.379. The van der Waals surface area contributed by atoms with Crippen molar-refractivity contribution < 1.29 is 13.2 Å². The summed E-state index contributed by atoms with van der Waals surface area (Å²) in [5, 5.41) is 2.65. The third-order valence-corrected chi connectivity index (χ3v) is 4.08. The number of carbonyl (C=O) groups is 1. The van der Waals surface area contributed by atoms with Crippen molar-refractivity contribution in [1.29, 1.82) is 0 Å². The zero-order valence-electron chi connectivity index (χ0n) is 9.88. The standard InChI is InChI=1S/C12H8Cl2N2O3S/c13-10-7-9(20(14,18)19)1-2-11(10)16-12(17)8-3-5-15-6-4-8/h1-7H,(H,16,17). The number of pyridine rings is 1. The molecule has 0 fully saturated rings. The van der Waals surface area contributed by atoms with Crippen molar-refractivity contribution in [3.05, 3.63) is 53.3 Å². The first-order valence-corrected chi connectivity index (χ1v) is 8.02. The molecule has 0 spiro atoms. The van der Waals surface area contributed by atoms with Gasteiger partial charge in [0.05, 0.1) is 15.6 Å². The van der Waals surface area contributed by atoms with Crippen molar-refractivity contribution >= 4 is 42.9 Å². The molecule has 0 aliphatic heterocycles. The van der Waals surface area contributed by atoms with E-state index in [1.54, 1.807) is 12.1 Å². The molecule has 104 valence electrons. The van der Waals surface area contributed by atoms with Gasteiger partial charge in [-0.05, 0) is 30.3 Å². The van der Waals surface area contributed by atoms with Crippen LogP contribution in [0.3, 0.4) is 0 Å². The number of amides is 1. The number of nitrogens with one attached hydrogen (secondary N) is 1. The molecule has 0 aliphatic carbocycles. The van der Waals surface area contributed by atoms with Crippen LogP contribution < -0.4 is 5.32 Å². The van der Waals surface area contributed by atoms with Gasteiger partial charge in [0.15, 0.2) is 0 Å². The van der Waals surface area contributed by atoms with E-state index in [1.165, 1.54) is 30.6 Å². The molecule has 0 saturated heterocycles. The van der Waals surface area contributed by atoms with Gasteiger partial charge in [0.1, 0.15) is 0 Å². The largest absolute Gasteiger partial charge is 0.321 e. The first-order valence-electron chi connectivity index (χ1n) is 5.33. The maximum Gasteiger partial charge on any atom is 0.261 e. The maximum atomic E-state index is 11.9. The highest BCUT2D eigenvalue weighted by atomic mass is 35.7. The Balaban J connectivity index is 2.25. The van der Waals surface area contributed by atoms with Gasteiger partial charge >= 0.3 is 0 Å². The van der Waals surface area contributed by atoms with E-state index < -0.39 is 9.05 Å². The van der Waals surface area contributed by atoms with Crippen LogP contribution in [0.2, 0.25) is 5.02 Å². The van der Waals surface area contributed by atoms with Gasteiger partial charge in [0.25, 0.3) is 15.0 Å². The van der Waals surface area contributed by atoms with Crippen LogP contribution in [0.15, 0.2) is 47.6 Å². The van der Waals surface area contributed by atoms with Gasteiger partial charge < -0.3 is 5.32 Å². The molecule has 2 rings (SSSR count). The Labute approximate surface area is 125 Å². The van der Waals surface area contributed by atoms with Crippen LogP contribution in [0.25, 0.3) is 0 Å². The predicted molar refractivity (Wildman–Crippen MR) is 76.7 cm³/mol. The number of carbonyl (C=O) groups excluding carboxylic acids is 1. The van der Waals surface area contributed by atoms with Crippen LogP contribution in [0, 0.1) is 0 Å². The second-order valence-corrected chi connectivity index (χ2v) is 6.74. The Hall–Kier alpha value is -1.63. The summed E-state index contributed by atoms with van der Waals surface area (Å²) in [6.45, 7) is 0. The van der Waals surface area contributed by atoms with E-state index >= 15 is 0 Å². The van der Waals surface area contributed by atoms with Crippen LogP contribution >= 0.6 is 22.3 Å². The van der Waals surface area contributed by atoms with E-state index in [0.717, 1.165) is 0 Å². The maximum absolute atomic E-state index is 11.9. The zero-order chi connectivity index (χ0) is 14.8. The van der Waals surface area contributed by atoms with Gasteiger partial charge in [-0.1, -0.05) is 11.6 Å². The predicted octanol–water partition coefficient (Wildman–Crippen LogP) is 2.91. The molecule has 0 atom stereocenters. The molecule has 1 heterocycles. The van der Waals surface area contributed by atoms with Crippen LogP contribution in [0.5, 0.6) is 0 Å². The number of aromatic nitrogens is 1. The molecule has 8 heteroatoms. The molecule has 0 saturated carbocycles. The van der Waals surface area contributed by atoms with Crippen molar-refractivity contribution in [3.63, 3.8) is 0 Å². The molecule has 20 heavy (non-hydrogen) atoms. The highest BCUT2D eigenvalue weighted by Gasteiger charge is 2.14. The van der Waals surface area contributed by atoms with Gasteiger partial charge in [-0.2, -0.15) is 0 Å². The van der Waals surface area contributed by atoms with Crippen molar-refractivity contribution in [2.45, 2.75) is 4.90 Å². The Morgan fingerprint density at radius 3 is 2.35 bits per heavy atom. The smallest absolute Gasteiger partial charge is 0.261 e.